The number of fused-ring (bicyclic) bond motifs is 1. The summed E-state index contributed by atoms with van der Waals surface area (Å²) in [5.74, 6) is 0.552. The highest BCUT2D eigenvalue weighted by atomic mass is 32.2. The van der Waals surface area contributed by atoms with Gasteiger partial charge in [0.05, 0.1) is 23.3 Å². The van der Waals surface area contributed by atoms with Gasteiger partial charge in [-0.05, 0) is 68.3 Å². The van der Waals surface area contributed by atoms with Crippen LogP contribution in [0.1, 0.15) is 112 Å². The third-order valence-corrected chi connectivity index (χ3v) is 10.2. The minimum atomic E-state index is -3.86. The number of aromatic amines is 1. The molecule has 0 radical (unpaired) electrons. The Morgan fingerprint density at radius 3 is 2.13 bits per heavy atom. The normalized spacial score (nSPS) is 12.3. The fourth-order valence-electron chi connectivity index (χ4n) is 5.42. The highest BCUT2D eigenvalue weighted by Crippen LogP contribution is 2.35. The molecule has 0 aliphatic carbocycles. The molecule has 248 valence electrons. The summed E-state index contributed by atoms with van der Waals surface area (Å²) < 4.78 is 39.9. The molecule has 46 heavy (non-hydrogen) atoms. The van der Waals surface area contributed by atoms with E-state index in [2.05, 4.69) is 27.5 Å². The molecule has 0 saturated heterocycles. The van der Waals surface area contributed by atoms with Crippen molar-refractivity contribution in [3.05, 3.63) is 65.6 Å². The quantitative estimate of drug-likeness (QED) is 0.0821. The summed E-state index contributed by atoms with van der Waals surface area (Å²) in [6.07, 6.45) is 11.4. The number of aromatic nitrogens is 4. The van der Waals surface area contributed by atoms with Crippen LogP contribution in [0.15, 0.2) is 53.4 Å². The van der Waals surface area contributed by atoms with Crippen LogP contribution in [0.5, 0.6) is 11.5 Å². The van der Waals surface area contributed by atoms with E-state index < -0.39 is 21.1 Å². The van der Waals surface area contributed by atoms with E-state index in [0.717, 1.165) is 19.3 Å². The van der Waals surface area contributed by atoms with Crippen LogP contribution >= 0.6 is 0 Å². The first kappa shape index (κ1) is 34.7. The number of unbranched alkanes of at least 4 members (excludes halogenated alkanes) is 8. The van der Waals surface area contributed by atoms with Crippen molar-refractivity contribution >= 4 is 33.0 Å². The Kier molecular flexibility index (Phi) is 12.4. The Balaban J connectivity index is 1.38. The lowest BCUT2D eigenvalue weighted by Crippen LogP contribution is -2.17. The van der Waals surface area contributed by atoms with Crippen LogP contribution in [0.2, 0.25) is 0 Å². The molecule has 2 aromatic carbocycles. The molecule has 1 atom stereocenters. The Hall–Kier alpha value is -4.19. The molecule has 0 aliphatic rings. The Morgan fingerprint density at radius 2 is 1.52 bits per heavy atom. The van der Waals surface area contributed by atoms with Crippen LogP contribution in [0.25, 0.3) is 5.65 Å². The van der Waals surface area contributed by atoms with Gasteiger partial charge in [0.2, 0.25) is 11.6 Å². The fourth-order valence-corrected chi connectivity index (χ4v) is 7.13. The van der Waals surface area contributed by atoms with Gasteiger partial charge in [-0.1, -0.05) is 65.2 Å². The molecule has 4 aromatic rings. The predicted octanol–water partition coefficient (Wildman–Crippen LogP) is 7.73. The molecule has 0 saturated carbocycles. The number of H-pyrrole nitrogens is 1. The number of methoxy groups -OCH3 is 1. The monoisotopic (exact) mass is 651 g/mol. The molecule has 0 bridgehead atoms. The van der Waals surface area contributed by atoms with Crippen molar-refractivity contribution in [3.8, 4) is 11.5 Å². The lowest BCUT2D eigenvalue weighted by Gasteiger charge is -2.14. The van der Waals surface area contributed by atoms with E-state index in [-0.39, 0.29) is 23.0 Å². The largest absolute Gasteiger partial charge is 0.465 e. The first-order chi connectivity index (χ1) is 22.2. The second-order valence-electron chi connectivity index (χ2n) is 11.5. The van der Waals surface area contributed by atoms with Crippen molar-refractivity contribution in [3.63, 3.8) is 0 Å². The molecule has 0 spiro atoms. The van der Waals surface area contributed by atoms with Gasteiger partial charge in [0.15, 0.2) is 21.4 Å². The van der Waals surface area contributed by atoms with Gasteiger partial charge in [-0.15, -0.1) is 10.2 Å². The van der Waals surface area contributed by atoms with E-state index in [9.17, 15) is 18.0 Å². The van der Waals surface area contributed by atoms with E-state index in [1.807, 2.05) is 0 Å². The SMILES string of the molecule is CCCCCCCCCCCC(=O)Nc1ccc(S(=O)(=O)C(CC)c2nnc3c(Oc4ccc(C(=O)OC)cc4)c(C)[nH]n23)cc1. The summed E-state index contributed by atoms with van der Waals surface area (Å²) in [7, 11) is -2.55. The summed E-state index contributed by atoms with van der Waals surface area (Å²) in [6.45, 7) is 5.78. The van der Waals surface area contributed by atoms with E-state index in [1.165, 1.54) is 62.3 Å². The second-order valence-corrected chi connectivity index (χ2v) is 13.6. The van der Waals surface area contributed by atoms with Crippen molar-refractivity contribution in [2.24, 2.45) is 0 Å². The third kappa shape index (κ3) is 8.54. The standard InChI is InChI=1S/C34H45N5O6S/c1-5-7-8-9-10-11-12-13-14-15-30(40)35-26-18-22-28(23-19-26)46(42,43)29(6-2)32-36-37-33-31(24(3)38-39(32)33)45-27-20-16-25(17-21-27)34(41)44-4/h16-23,29,38H,5-15H2,1-4H3,(H,35,40). The lowest BCUT2D eigenvalue weighted by molar-refractivity contribution is -0.116. The number of ether oxygens (including phenoxy) is 2. The molecule has 0 aliphatic heterocycles. The molecule has 1 unspecified atom stereocenters. The molecular formula is C34H45N5O6S. The number of hydrogen-bond donors (Lipinski definition) is 2. The zero-order chi connectivity index (χ0) is 33.1. The van der Waals surface area contributed by atoms with Crippen molar-refractivity contribution in [2.45, 2.75) is 102 Å². The zero-order valence-corrected chi connectivity index (χ0v) is 28.0. The maximum atomic E-state index is 13.8. The Morgan fingerprint density at radius 1 is 0.891 bits per heavy atom. The Labute approximate surface area is 271 Å². The summed E-state index contributed by atoms with van der Waals surface area (Å²) in [5, 5.41) is 13.5. The Bertz CT molecular complexity index is 1690. The van der Waals surface area contributed by atoms with Gasteiger partial charge < -0.3 is 14.8 Å². The molecule has 11 nitrogen and oxygen atoms in total. The number of hydrogen-bond acceptors (Lipinski definition) is 8. The van der Waals surface area contributed by atoms with Crippen LogP contribution in [-0.4, -0.2) is 47.2 Å². The van der Waals surface area contributed by atoms with Gasteiger partial charge in [-0.3, -0.25) is 9.89 Å². The van der Waals surface area contributed by atoms with Crippen LogP contribution in [-0.2, 0) is 19.4 Å². The number of amides is 1. The van der Waals surface area contributed by atoms with Gasteiger partial charge in [-0.25, -0.2) is 17.7 Å². The lowest BCUT2D eigenvalue weighted by atomic mass is 10.1. The average Bonchev–Trinajstić information content (AvgIpc) is 3.59. The predicted molar refractivity (Wildman–Crippen MR) is 177 cm³/mol. The van der Waals surface area contributed by atoms with Crippen LogP contribution < -0.4 is 10.1 Å². The smallest absolute Gasteiger partial charge is 0.337 e. The van der Waals surface area contributed by atoms with Crippen LogP contribution in [0.3, 0.4) is 0 Å². The summed E-state index contributed by atoms with van der Waals surface area (Å²) in [6, 6.07) is 12.7. The maximum Gasteiger partial charge on any atom is 0.337 e. The molecular weight excluding hydrogens is 606 g/mol. The number of carbonyl (C=O) groups excluding carboxylic acids is 2. The summed E-state index contributed by atoms with van der Waals surface area (Å²) in [4.78, 5) is 24.3. The number of carbonyl (C=O) groups is 2. The molecule has 2 aromatic heterocycles. The number of nitrogens with one attached hydrogen (secondary N) is 2. The van der Waals surface area contributed by atoms with Gasteiger partial charge in [0.1, 0.15) is 11.0 Å². The minimum absolute atomic E-state index is 0.0737. The highest BCUT2D eigenvalue weighted by molar-refractivity contribution is 7.91. The average molecular weight is 652 g/mol. The van der Waals surface area contributed by atoms with Crippen LogP contribution in [0, 0.1) is 6.92 Å². The van der Waals surface area contributed by atoms with E-state index in [0.29, 0.717) is 40.5 Å². The number of esters is 1. The third-order valence-electron chi connectivity index (χ3n) is 8.01. The molecule has 0 fully saturated rings. The molecule has 4 rings (SSSR count). The fraction of sp³-hybridized carbons (Fsp3) is 0.471. The first-order valence-electron chi connectivity index (χ1n) is 16.1. The van der Waals surface area contributed by atoms with Gasteiger partial charge in [0.25, 0.3) is 0 Å². The molecule has 12 heteroatoms. The van der Waals surface area contributed by atoms with Gasteiger partial charge >= 0.3 is 5.97 Å². The topological polar surface area (TPSA) is 145 Å². The number of anilines is 1. The number of rotatable bonds is 18. The molecule has 2 heterocycles. The van der Waals surface area contributed by atoms with E-state index in [4.69, 9.17) is 9.47 Å². The molecule has 2 N–H and O–H groups in total. The van der Waals surface area contributed by atoms with Gasteiger partial charge in [0, 0.05) is 12.1 Å². The second kappa shape index (κ2) is 16.4. The zero-order valence-electron chi connectivity index (χ0n) is 27.2. The molecule has 1 amide bonds. The van der Waals surface area contributed by atoms with Crippen molar-refractivity contribution in [1.82, 2.24) is 19.8 Å². The number of aryl methyl sites for hydroxylation is 1. The number of sulfone groups is 1. The number of nitrogens with zero attached hydrogens (tertiary/aromatic N) is 3. The van der Waals surface area contributed by atoms with E-state index >= 15 is 0 Å². The van der Waals surface area contributed by atoms with Crippen molar-refractivity contribution in [2.75, 3.05) is 12.4 Å². The minimum Gasteiger partial charge on any atom is -0.465 e. The van der Waals surface area contributed by atoms with Crippen LogP contribution in [0.4, 0.5) is 5.69 Å². The highest BCUT2D eigenvalue weighted by Gasteiger charge is 2.33. The van der Waals surface area contributed by atoms with Crippen molar-refractivity contribution < 1.29 is 27.5 Å². The van der Waals surface area contributed by atoms with E-state index in [1.54, 1.807) is 50.2 Å². The summed E-state index contributed by atoms with van der Waals surface area (Å²) >= 11 is 0. The maximum absolute atomic E-state index is 13.8. The summed E-state index contributed by atoms with van der Waals surface area (Å²) in [5.41, 5.74) is 1.90. The number of benzene rings is 2. The first-order valence-corrected chi connectivity index (χ1v) is 17.7. The van der Waals surface area contributed by atoms with Gasteiger partial charge in [-0.2, -0.15) is 0 Å². The van der Waals surface area contributed by atoms with Crippen molar-refractivity contribution in [1.29, 1.82) is 0 Å².